The van der Waals surface area contributed by atoms with Crippen LogP contribution in [0.4, 0.5) is 0 Å². The second-order valence-corrected chi connectivity index (χ2v) is 18.1. The first-order valence-electron chi connectivity index (χ1n) is 6.37. The van der Waals surface area contributed by atoms with Crippen LogP contribution in [0.2, 0.25) is 13.1 Å². The number of hydrogen-bond acceptors (Lipinski definition) is 0. The fourth-order valence-electron chi connectivity index (χ4n) is 2.64. The second kappa shape index (κ2) is 8.17. The van der Waals surface area contributed by atoms with Gasteiger partial charge in [-0.05, 0) is 0 Å². The first-order chi connectivity index (χ1) is 8.02. The van der Waals surface area contributed by atoms with Gasteiger partial charge in [0.2, 0.25) is 0 Å². The molecular weight excluding hydrogens is 370 g/mol. The molecule has 0 nitrogen and oxygen atoms in total. The standard InChI is InChI=1S/C13H15.C2H6Si.2ClH.Zr/c1-9-8-13(11(3)10(9)2)12-6-4-5-7-12;1-3-2;;;/h4-6,9H,7H2,1-3H3;1-2H3;2*1H;/q;;;;+2/p-2. The van der Waals surface area contributed by atoms with Crippen molar-refractivity contribution < 1.29 is 46.7 Å². The van der Waals surface area contributed by atoms with Crippen LogP contribution >= 0.6 is 0 Å². The third-order valence-electron chi connectivity index (χ3n) is 3.80. The fraction of sp³-hybridized carbons (Fsp3) is 0.467. The van der Waals surface area contributed by atoms with E-state index in [1.165, 1.54) is 0 Å². The molecule has 0 heterocycles. The van der Waals surface area contributed by atoms with Crippen molar-refractivity contribution in [3.05, 3.63) is 43.8 Å². The predicted molar refractivity (Wildman–Crippen MR) is 73.9 cm³/mol. The Labute approximate surface area is 141 Å². The summed E-state index contributed by atoms with van der Waals surface area (Å²) in [6.45, 7) is 12.1. The molecular formula is C15H21Cl2SiZr. The summed E-state index contributed by atoms with van der Waals surface area (Å²) in [6.07, 6.45) is 8.01. The number of hydrogen-bond donors (Lipinski definition) is 0. The van der Waals surface area contributed by atoms with Crippen molar-refractivity contribution in [1.82, 2.24) is 0 Å². The minimum absolute atomic E-state index is 0. The van der Waals surface area contributed by atoms with Crippen molar-refractivity contribution in [3.8, 4) is 0 Å². The first-order valence-corrected chi connectivity index (χ1v) is 13.8. The van der Waals surface area contributed by atoms with E-state index in [0.717, 1.165) is 12.3 Å². The number of allylic oxidation sites excluding steroid dienone is 8. The van der Waals surface area contributed by atoms with Gasteiger partial charge in [0.1, 0.15) is 0 Å². The average molecular weight is 392 g/mol. The van der Waals surface area contributed by atoms with Crippen LogP contribution in [0.25, 0.3) is 0 Å². The Morgan fingerprint density at radius 3 is 2.32 bits per heavy atom. The molecule has 4 heteroatoms. The van der Waals surface area contributed by atoms with E-state index in [0.29, 0.717) is 0 Å². The third-order valence-corrected chi connectivity index (χ3v) is 11.9. The normalized spacial score (nSPS) is 20.9. The van der Waals surface area contributed by atoms with E-state index >= 15 is 0 Å². The topological polar surface area (TPSA) is 0 Å². The zero-order valence-electron chi connectivity index (χ0n) is 12.3. The molecule has 2 rings (SSSR count). The summed E-state index contributed by atoms with van der Waals surface area (Å²) in [5, 5.41) is 0. The van der Waals surface area contributed by atoms with Crippen molar-refractivity contribution in [2.45, 2.75) is 40.3 Å². The Balaban J connectivity index is 0.00000162. The van der Waals surface area contributed by atoms with Crippen molar-refractivity contribution >= 4 is 5.43 Å². The Morgan fingerprint density at radius 2 is 1.84 bits per heavy atom. The van der Waals surface area contributed by atoms with E-state index in [-0.39, 0.29) is 52.1 Å². The van der Waals surface area contributed by atoms with Crippen molar-refractivity contribution in [2.24, 2.45) is 5.92 Å². The molecule has 0 aromatic carbocycles. The minimum Gasteiger partial charge on any atom is -1.00 e. The molecule has 0 aromatic rings. The summed E-state index contributed by atoms with van der Waals surface area (Å²) in [4.78, 5) is 0. The predicted octanol–water partition coefficient (Wildman–Crippen LogP) is -1.55. The molecule has 0 saturated carbocycles. The quantitative estimate of drug-likeness (QED) is 0.501. The second-order valence-electron chi connectivity index (χ2n) is 5.27. The number of rotatable bonds is 2. The van der Waals surface area contributed by atoms with Gasteiger partial charge in [0.15, 0.2) is 0 Å². The van der Waals surface area contributed by atoms with Gasteiger partial charge in [0.25, 0.3) is 0 Å². The molecule has 0 spiro atoms. The molecule has 0 aromatic heterocycles. The third kappa shape index (κ3) is 4.06. The van der Waals surface area contributed by atoms with E-state index in [4.69, 9.17) is 0 Å². The van der Waals surface area contributed by atoms with Crippen LogP contribution in [0.5, 0.6) is 0 Å². The van der Waals surface area contributed by atoms with Crippen LogP contribution in [-0.2, 0) is 21.9 Å². The molecule has 0 fully saturated rings. The molecule has 1 unspecified atom stereocenters. The van der Waals surface area contributed by atoms with Gasteiger partial charge < -0.3 is 24.8 Å². The van der Waals surface area contributed by atoms with E-state index in [2.05, 4.69) is 52.1 Å². The van der Waals surface area contributed by atoms with Gasteiger partial charge in [-0.3, -0.25) is 0 Å². The van der Waals surface area contributed by atoms with Gasteiger partial charge >= 0.3 is 117 Å². The first kappa shape index (κ1) is 19.6. The van der Waals surface area contributed by atoms with Gasteiger partial charge in [0, 0.05) is 0 Å². The SMILES string of the molecule is CC1=C(C)C(C)[C]([Zr+2]=[Si](C)C)=C1C1=CC=CC1.[Cl-].[Cl-]. The monoisotopic (exact) mass is 389 g/mol. The van der Waals surface area contributed by atoms with E-state index < -0.39 is 0 Å². The average Bonchev–Trinajstić information content (AvgIpc) is 2.84. The minimum atomic E-state index is -0.298. The smallest absolute Gasteiger partial charge is 1.00 e. The van der Waals surface area contributed by atoms with Gasteiger partial charge in [0.05, 0.1) is 0 Å². The summed E-state index contributed by atoms with van der Waals surface area (Å²) in [6, 6.07) is 0. The van der Waals surface area contributed by atoms with E-state index in [1.54, 1.807) is 22.3 Å². The van der Waals surface area contributed by atoms with Crippen LogP contribution in [0, 0.1) is 5.92 Å². The maximum atomic E-state index is 2.50. The summed E-state index contributed by atoms with van der Waals surface area (Å²) in [7, 11) is 0. The molecule has 2 aliphatic carbocycles. The largest absolute Gasteiger partial charge is 1.00 e. The fourth-order valence-corrected chi connectivity index (χ4v) is 11.4. The van der Waals surface area contributed by atoms with Crippen LogP contribution in [0.15, 0.2) is 43.8 Å². The molecule has 0 saturated heterocycles. The van der Waals surface area contributed by atoms with E-state index in [9.17, 15) is 0 Å². The van der Waals surface area contributed by atoms with Crippen molar-refractivity contribution in [1.29, 1.82) is 0 Å². The molecule has 19 heavy (non-hydrogen) atoms. The van der Waals surface area contributed by atoms with Crippen LogP contribution in [-0.4, -0.2) is 5.43 Å². The van der Waals surface area contributed by atoms with Gasteiger partial charge in [-0.15, -0.1) is 0 Å². The Morgan fingerprint density at radius 1 is 1.21 bits per heavy atom. The summed E-state index contributed by atoms with van der Waals surface area (Å²) >= 11 is -0.298. The summed E-state index contributed by atoms with van der Waals surface area (Å²) in [5.74, 6) is 0.748. The van der Waals surface area contributed by atoms with Gasteiger partial charge in [-0.1, -0.05) is 0 Å². The Kier molecular flexibility index (Phi) is 8.45. The molecule has 2 aliphatic rings. The van der Waals surface area contributed by atoms with Gasteiger partial charge in [-0.25, -0.2) is 0 Å². The number of halogens is 2. The van der Waals surface area contributed by atoms with Crippen molar-refractivity contribution in [3.63, 3.8) is 0 Å². The van der Waals surface area contributed by atoms with Crippen LogP contribution in [0.3, 0.4) is 0 Å². The molecule has 0 amide bonds. The summed E-state index contributed by atoms with van der Waals surface area (Å²) in [5.41, 5.74) is 6.47. The van der Waals surface area contributed by atoms with Crippen LogP contribution < -0.4 is 24.8 Å². The molecule has 103 valence electrons. The molecule has 0 radical (unpaired) electrons. The molecule has 0 bridgehead atoms. The van der Waals surface area contributed by atoms with E-state index in [1.807, 2.05) is 3.28 Å². The Hall–Kier alpha value is 0.640. The van der Waals surface area contributed by atoms with Crippen molar-refractivity contribution in [2.75, 3.05) is 0 Å². The molecule has 0 N–H and O–H groups in total. The summed E-state index contributed by atoms with van der Waals surface area (Å²) < 4.78 is 1.89. The molecule has 0 aliphatic heterocycles. The zero-order valence-corrected chi connectivity index (χ0v) is 17.2. The Bertz CT molecular complexity index is 506. The zero-order chi connectivity index (χ0) is 12.6. The maximum absolute atomic E-state index is 2.50. The van der Waals surface area contributed by atoms with Crippen LogP contribution in [0.1, 0.15) is 27.2 Å². The maximum Gasteiger partial charge on any atom is -1.00 e. The molecule has 1 atom stereocenters. The van der Waals surface area contributed by atoms with Gasteiger partial charge in [-0.2, -0.15) is 0 Å².